The highest BCUT2D eigenvalue weighted by Crippen LogP contribution is 2.07. The summed E-state index contributed by atoms with van der Waals surface area (Å²) in [5.74, 6) is 0. The molecule has 0 radical (unpaired) electrons. The van der Waals surface area contributed by atoms with Gasteiger partial charge in [0.15, 0.2) is 9.04 Å². The van der Waals surface area contributed by atoms with Crippen LogP contribution in [-0.2, 0) is 0 Å². The van der Waals surface area contributed by atoms with E-state index in [9.17, 15) is 4.80 Å². The van der Waals surface area contributed by atoms with Crippen LogP contribution < -0.4 is 0 Å². The zero-order valence-corrected chi connectivity index (χ0v) is 6.75. The van der Waals surface area contributed by atoms with Crippen LogP contribution >= 0.6 is 0 Å². The van der Waals surface area contributed by atoms with Crippen LogP contribution in [0.1, 0.15) is 13.8 Å². The predicted molar refractivity (Wildman–Crippen MR) is 39.5 cm³/mol. The quantitative estimate of drug-likeness (QED) is 0.451. The van der Waals surface area contributed by atoms with Crippen molar-refractivity contribution in [1.82, 2.24) is 0 Å². The van der Waals surface area contributed by atoms with Crippen molar-refractivity contribution in [2.45, 2.75) is 25.4 Å². The molecule has 0 aromatic carbocycles. The van der Waals surface area contributed by atoms with Gasteiger partial charge >= 0.3 is 0 Å². The third-order valence-electron chi connectivity index (χ3n) is 1.18. The number of rotatable bonds is 3. The lowest BCUT2D eigenvalue weighted by Crippen LogP contribution is -2.14. The van der Waals surface area contributed by atoms with Crippen molar-refractivity contribution < 1.29 is 4.80 Å². The van der Waals surface area contributed by atoms with E-state index < -0.39 is 9.04 Å². The summed E-state index contributed by atoms with van der Waals surface area (Å²) in [6.45, 7) is 7.67. The molecule has 0 aromatic rings. The van der Waals surface area contributed by atoms with Crippen molar-refractivity contribution in [3.63, 3.8) is 0 Å². The Hall–Kier alpha value is -0.0831. The Morgan fingerprint density at radius 2 is 2.25 bits per heavy atom. The lowest BCUT2D eigenvalue weighted by Gasteiger charge is -2.07. The maximum Gasteiger partial charge on any atom is 0.178 e. The number of allylic oxidation sites excluding steroid dienone is 1. The molecule has 0 saturated heterocycles. The smallest absolute Gasteiger partial charge is 0.178 e. The average molecular weight is 130 g/mol. The largest absolute Gasteiger partial charge is 0.434 e. The molecule has 8 heavy (non-hydrogen) atoms. The van der Waals surface area contributed by atoms with Crippen LogP contribution in [0.2, 0.25) is 11.6 Å². The Morgan fingerprint density at radius 1 is 1.75 bits per heavy atom. The normalized spacial score (nSPS) is 14.0. The highest BCUT2D eigenvalue weighted by atomic mass is 28.3. The van der Waals surface area contributed by atoms with Crippen LogP contribution in [0.25, 0.3) is 0 Å². The minimum Gasteiger partial charge on any atom is -0.434 e. The maximum atomic E-state index is 9.19. The summed E-state index contributed by atoms with van der Waals surface area (Å²) in [4.78, 5) is 9.19. The second-order valence-corrected chi connectivity index (χ2v) is 5.28. The highest BCUT2D eigenvalue weighted by Gasteiger charge is 2.07. The minimum absolute atomic E-state index is 0.494. The summed E-state index contributed by atoms with van der Waals surface area (Å²) >= 11 is 0. The van der Waals surface area contributed by atoms with Crippen molar-refractivity contribution in [2.24, 2.45) is 0 Å². The Kier molecular flexibility index (Phi) is 3.82. The second-order valence-electron chi connectivity index (χ2n) is 2.34. The van der Waals surface area contributed by atoms with Gasteiger partial charge in [-0.25, -0.2) is 0 Å². The molecule has 0 bridgehead atoms. The van der Waals surface area contributed by atoms with Crippen LogP contribution in [0.15, 0.2) is 12.7 Å². The van der Waals surface area contributed by atoms with Crippen molar-refractivity contribution >= 4 is 9.04 Å². The van der Waals surface area contributed by atoms with E-state index in [1.807, 2.05) is 0 Å². The van der Waals surface area contributed by atoms with Gasteiger partial charge in [0.2, 0.25) is 0 Å². The van der Waals surface area contributed by atoms with E-state index in [1.54, 1.807) is 6.08 Å². The Balaban J connectivity index is 3.30. The molecule has 1 N–H and O–H groups in total. The lowest BCUT2D eigenvalue weighted by molar-refractivity contribution is 0.556. The van der Waals surface area contributed by atoms with Crippen LogP contribution in [-0.4, -0.2) is 13.8 Å². The Bertz CT molecular complexity index is 70.9. The zero-order chi connectivity index (χ0) is 6.57. The SMILES string of the molecule is C=CC[SiH](O)C(C)C. The summed E-state index contributed by atoms with van der Waals surface area (Å²) < 4.78 is 0. The topological polar surface area (TPSA) is 20.2 Å². The van der Waals surface area contributed by atoms with E-state index in [2.05, 4.69) is 20.4 Å². The van der Waals surface area contributed by atoms with Crippen molar-refractivity contribution in [1.29, 1.82) is 0 Å². The third-order valence-corrected chi connectivity index (χ3v) is 3.53. The van der Waals surface area contributed by atoms with Gasteiger partial charge < -0.3 is 4.80 Å². The summed E-state index contributed by atoms with van der Waals surface area (Å²) in [5.41, 5.74) is 0.494. The fraction of sp³-hybridized carbons (Fsp3) is 0.667. The van der Waals surface area contributed by atoms with Crippen molar-refractivity contribution in [3.8, 4) is 0 Å². The molecule has 1 unspecified atom stereocenters. The van der Waals surface area contributed by atoms with E-state index in [4.69, 9.17) is 0 Å². The van der Waals surface area contributed by atoms with E-state index in [0.29, 0.717) is 5.54 Å². The first-order chi connectivity index (χ1) is 3.68. The summed E-state index contributed by atoms with van der Waals surface area (Å²) in [6, 6.07) is 0.845. The summed E-state index contributed by atoms with van der Waals surface area (Å²) in [5, 5.41) is 0. The molecule has 2 heteroatoms. The Labute approximate surface area is 52.8 Å². The molecule has 0 aromatic heterocycles. The molecule has 0 spiro atoms. The molecule has 0 aliphatic heterocycles. The molecule has 0 amide bonds. The molecule has 1 atom stereocenters. The fourth-order valence-corrected chi connectivity index (χ4v) is 1.33. The van der Waals surface area contributed by atoms with Gasteiger partial charge in [-0.2, -0.15) is 0 Å². The molecule has 0 aliphatic carbocycles. The number of hydrogen-bond acceptors (Lipinski definition) is 1. The van der Waals surface area contributed by atoms with Crippen LogP contribution in [0.5, 0.6) is 0 Å². The molecular weight excluding hydrogens is 116 g/mol. The average Bonchev–Trinajstić information content (AvgIpc) is 1.67. The van der Waals surface area contributed by atoms with Crippen LogP contribution in [0.4, 0.5) is 0 Å². The first-order valence-corrected chi connectivity index (χ1v) is 4.97. The van der Waals surface area contributed by atoms with E-state index >= 15 is 0 Å². The summed E-state index contributed by atoms with van der Waals surface area (Å²) in [6.07, 6.45) is 1.80. The summed E-state index contributed by atoms with van der Waals surface area (Å²) in [7, 11) is -1.39. The van der Waals surface area contributed by atoms with E-state index in [0.717, 1.165) is 6.04 Å². The molecule has 0 fully saturated rings. The molecule has 0 rings (SSSR count). The first-order valence-electron chi connectivity index (χ1n) is 2.97. The molecule has 0 aliphatic rings. The molecule has 48 valence electrons. The maximum absolute atomic E-state index is 9.19. The van der Waals surface area contributed by atoms with Gasteiger partial charge in [0, 0.05) is 0 Å². The van der Waals surface area contributed by atoms with Gasteiger partial charge in [-0.15, -0.1) is 6.58 Å². The fourth-order valence-electron chi connectivity index (χ4n) is 0.443. The van der Waals surface area contributed by atoms with Gasteiger partial charge in [0.05, 0.1) is 0 Å². The molecular formula is C6H14OSi. The second kappa shape index (κ2) is 3.86. The predicted octanol–water partition coefficient (Wildman–Crippen LogP) is 1.30. The monoisotopic (exact) mass is 130 g/mol. The molecule has 0 saturated carbocycles. The van der Waals surface area contributed by atoms with Crippen LogP contribution in [0, 0.1) is 0 Å². The van der Waals surface area contributed by atoms with Gasteiger partial charge in [0.25, 0.3) is 0 Å². The van der Waals surface area contributed by atoms with Gasteiger partial charge in [-0.1, -0.05) is 19.9 Å². The first kappa shape index (κ1) is 7.92. The molecule has 1 nitrogen and oxygen atoms in total. The third kappa shape index (κ3) is 2.99. The van der Waals surface area contributed by atoms with Crippen molar-refractivity contribution in [2.75, 3.05) is 0 Å². The van der Waals surface area contributed by atoms with E-state index in [-0.39, 0.29) is 0 Å². The highest BCUT2D eigenvalue weighted by molar-refractivity contribution is 6.52. The van der Waals surface area contributed by atoms with Gasteiger partial charge in [0.1, 0.15) is 0 Å². The van der Waals surface area contributed by atoms with Gasteiger partial charge in [-0.3, -0.25) is 0 Å². The number of hydrogen-bond donors (Lipinski definition) is 1. The minimum atomic E-state index is -1.39. The Morgan fingerprint density at radius 3 is 2.38 bits per heavy atom. The van der Waals surface area contributed by atoms with Crippen LogP contribution in [0.3, 0.4) is 0 Å². The van der Waals surface area contributed by atoms with Crippen molar-refractivity contribution in [3.05, 3.63) is 12.7 Å². The molecule has 0 heterocycles. The van der Waals surface area contributed by atoms with Gasteiger partial charge in [-0.05, 0) is 11.6 Å². The standard InChI is InChI=1S/C6H14OSi/c1-4-5-8(7)6(2)3/h4,6-8H,1,5H2,2-3H3. The lowest BCUT2D eigenvalue weighted by atomic mass is 10.6. The zero-order valence-electron chi connectivity index (χ0n) is 5.59. The van der Waals surface area contributed by atoms with E-state index in [1.165, 1.54) is 0 Å².